The van der Waals surface area contributed by atoms with Gasteiger partial charge in [0.25, 0.3) is 5.56 Å². The third kappa shape index (κ3) is 7.37. The van der Waals surface area contributed by atoms with Crippen LogP contribution in [0.3, 0.4) is 0 Å². The number of rotatable bonds is 10. The zero-order valence-corrected chi connectivity index (χ0v) is 22.1. The molecule has 0 atom stereocenters. The molecule has 0 saturated carbocycles. The van der Waals surface area contributed by atoms with Crippen LogP contribution < -0.4 is 20.3 Å². The Kier molecular flexibility index (Phi) is 10.2. The topological polar surface area (TPSA) is 121 Å². The normalized spacial score (nSPS) is 13.8. The van der Waals surface area contributed by atoms with E-state index >= 15 is 0 Å². The summed E-state index contributed by atoms with van der Waals surface area (Å²) < 4.78 is 17.7. The van der Waals surface area contributed by atoms with Gasteiger partial charge in [-0.05, 0) is 32.4 Å². The Balaban J connectivity index is 0.00000380. The van der Waals surface area contributed by atoms with Crippen LogP contribution in [0.15, 0.2) is 35.1 Å². The predicted molar refractivity (Wildman–Crippen MR) is 141 cm³/mol. The van der Waals surface area contributed by atoms with Crippen LogP contribution >= 0.6 is 12.4 Å². The van der Waals surface area contributed by atoms with Gasteiger partial charge in [-0.25, -0.2) is 15.0 Å². The number of morpholine rings is 1. The number of hydrogen-bond acceptors (Lipinski definition) is 9. The fourth-order valence-electron chi connectivity index (χ4n) is 3.96. The summed E-state index contributed by atoms with van der Waals surface area (Å²) >= 11 is 0. The number of carbonyl (C=O) groups excluding carboxylic acids is 1. The van der Waals surface area contributed by atoms with E-state index < -0.39 is 5.56 Å². The highest BCUT2D eigenvalue weighted by Crippen LogP contribution is 2.20. The molecule has 1 N–H and O–H groups in total. The van der Waals surface area contributed by atoms with Crippen LogP contribution in [0, 0.1) is 0 Å². The smallest absolute Gasteiger partial charge is 0.280 e. The molecule has 3 aromatic rings. The summed E-state index contributed by atoms with van der Waals surface area (Å²) in [5.74, 6) is 0.659. The van der Waals surface area contributed by atoms with Gasteiger partial charge in [-0.15, -0.1) is 12.4 Å². The Morgan fingerprint density at radius 1 is 1.11 bits per heavy atom. The molecular formula is C25H33ClN6O5. The number of hydrogen-bond donors (Lipinski definition) is 1. The van der Waals surface area contributed by atoms with Crippen molar-refractivity contribution in [1.29, 1.82) is 0 Å². The lowest BCUT2D eigenvalue weighted by Gasteiger charge is -2.26. The van der Waals surface area contributed by atoms with Gasteiger partial charge in [-0.1, -0.05) is 6.07 Å². The molecule has 11 nitrogen and oxygen atoms in total. The molecule has 0 aromatic carbocycles. The predicted octanol–water partition coefficient (Wildman–Crippen LogP) is 1.91. The third-order valence-electron chi connectivity index (χ3n) is 5.66. The molecule has 12 heteroatoms. The lowest BCUT2D eigenvalue weighted by atomic mass is 10.2. The number of halogens is 1. The van der Waals surface area contributed by atoms with Crippen LogP contribution in [-0.4, -0.2) is 82.9 Å². The SMILES string of the molecule is COc1cccc(-c2nc3ccc(OCCCN4CCOCC4)nc3c(=O)n2CC(=O)NC(C)C)n1.Cl. The van der Waals surface area contributed by atoms with E-state index in [9.17, 15) is 9.59 Å². The highest BCUT2D eigenvalue weighted by molar-refractivity contribution is 5.85. The van der Waals surface area contributed by atoms with Crippen molar-refractivity contribution >= 4 is 29.3 Å². The molecule has 1 aliphatic rings. The summed E-state index contributed by atoms with van der Waals surface area (Å²) in [4.78, 5) is 41.9. The number of aromatic nitrogens is 4. The Morgan fingerprint density at radius 3 is 2.62 bits per heavy atom. The van der Waals surface area contributed by atoms with Crippen molar-refractivity contribution in [3.63, 3.8) is 0 Å². The van der Waals surface area contributed by atoms with Crippen molar-refractivity contribution in [3.05, 3.63) is 40.7 Å². The van der Waals surface area contributed by atoms with Gasteiger partial charge in [0.05, 0.1) is 32.4 Å². The van der Waals surface area contributed by atoms with Crippen LogP contribution in [0.25, 0.3) is 22.6 Å². The highest BCUT2D eigenvalue weighted by Gasteiger charge is 2.19. The lowest BCUT2D eigenvalue weighted by molar-refractivity contribution is -0.122. The number of pyridine rings is 2. The molecule has 0 spiro atoms. The van der Waals surface area contributed by atoms with Gasteiger partial charge >= 0.3 is 0 Å². The molecule has 200 valence electrons. The lowest BCUT2D eigenvalue weighted by Crippen LogP contribution is -2.37. The summed E-state index contributed by atoms with van der Waals surface area (Å²) in [5.41, 5.74) is 0.483. The average Bonchev–Trinajstić information content (AvgIpc) is 2.88. The first-order valence-corrected chi connectivity index (χ1v) is 12.1. The Hall–Kier alpha value is -3.28. The number of carbonyl (C=O) groups is 1. The summed E-state index contributed by atoms with van der Waals surface area (Å²) in [6, 6.07) is 8.48. The number of nitrogens with one attached hydrogen (secondary N) is 1. The second kappa shape index (κ2) is 13.3. The summed E-state index contributed by atoms with van der Waals surface area (Å²) in [5, 5.41) is 2.81. The third-order valence-corrected chi connectivity index (χ3v) is 5.66. The first-order chi connectivity index (χ1) is 17.4. The van der Waals surface area contributed by atoms with Gasteiger partial charge in [-0.2, -0.15) is 0 Å². The molecule has 1 aliphatic heterocycles. The number of ether oxygens (including phenoxy) is 3. The second-order valence-corrected chi connectivity index (χ2v) is 8.79. The Morgan fingerprint density at radius 2 is 1.89 bits per heavy atom. The van der Waals surface area contributed by atoms with Crippen LogP contribution in [0.1, 0.15) is 20.3 Å². The number of methoxy groups -OCH3 is 1. The van der Waals surface area contributed by atoms with Crippen molar-refractivity contribution < 1.29 is 19.0 Å². The standard InChI is InChI=1S/C25H32N6O5.ClH/c1-17(2)26-20(32)16-31-24(19-6-4-7-21(27-19)34-3)28-18-8-9-22(29-23(18)25(31)33)36-13-5-10-30-11-14-35-15-12-30;/h4,6-9,17H,5,10-16H2,1-3H3,(H,26,32);1H. The summed E-state index contributed by atoms with van der Waals surface area (Å²) in [6.07, 6.45) is 0.831. The molecule has 37 heavy (non-hydrogen) atoms. The quantitative estimate of drug-likeness (QED) is 0.390. The van der Waals surface area contributed by atoms with Gasteiger partial charge in [0, 0.05) is 37.8 Å². The second-order valence-electron chi connectivity index (χ2n) is 8.79. The maximum absolute atomic E-state index is 13.5. The van der Waals surface area contributed by atoms with E-state index in [4.69, 9.17) is 14.2 Å². The fourth-order valence-corrected chi connectivity index (χ4v) is 3.96. The number of nitrogens with zero attached hydrogens (tertiary/aromatic N) is 5. The molecule has 3 aromatic heterocycles. The van der Waals surface area contributed by atoms with E-state index in [1.807, 2.05) is 13.8 Å². The van der Waals surface area contributed by atoms with Crippen molar-refractivity contribution in [2.45, 2.75) is 32.9 Å². The molecule has 0 bridgehead atoms. The zero-order valence-electron chi connectivity index (χ0n) is 21.3. The van der Waals surface area contributed by atoms with E-state index in [-0.39, 0.29) is 42.2 Å². The van der Waals surface area contributed by atoms with Crippen molar-refractivity contribution in [2.75, 3.05) is 46.6 Å². The summed E-state index contributed by atoms with van der Waals surface area (Å²) in [6.45, 7) is 8.24. The molecule has 4 rings (SSSR count). The van der Waals surface area contributed by atoms with Gasteiger partial charge in [0.1, 0.15) is 12.2 Å². The first kappa shape index (κ1) is 28.3. The van der Waals surface area contributed by atoms with Crippen LogP contribution in [0.4, 0.5) is 0 Å². The molecule has 0 unspecified atom stereocenters. The molecule has 0 radical (unpaired) electrons. The van der Waals surface area contributed by atoms with Crippen LogP contribution in [0.5, 0.6) is 11.8 Å². The maximum Gasteiger partial charge on any atom is 0.280 e. The largest absolute Gasteiger partial charge is 0.481 e. The van der Waals surface area contributed by atoms with E-state index in [0.717, 1.165) is 39.3 Å². The minimum atomic E-state index is -0.447. The number of amides is 1. The van der Waals surface area contributed by atoms with E-state index in [2.05, 4.69) is 25.2 Å². The van der Waals surface area contributed by atoms with E-state index in [1.54, 1.807) is 30.3 Å². The van der Waals surface area contributed by atoms with Crippen LogP contribution in [-0.2, 0) is 16.1 Å². The maximum atomic E-state index is 13.5. The molecule has 1 fully saturated rings. The summed E-state index contributed by atoms with van der Waals surface area (Å²) in [7, 11) is 1.51. The van der Waals surface area contributed by atoms with Crippen molar-refractivity contribution in [3.8, 4) is 23.3 Å². The first-order valence-electron chi connectivity index (χ1n) is 12.1. The zero-order chi connectivity index (χ0) is 25.5. The highest BCUT2D eigenvalue weighted by atomic mass is 35.5. The van der Waals surface area contributed by atoms with Crippen molar-refractivity contribution in [1.82, 2.24) is 29.7 Å². The average molecular weight is 533 g/mol. The van der Waals surface area contributed by atoms with Gasteiger partial charge in [0.2, 0.25) is 17.7 Å². The molecule has 4 heterocycles. The van der Waals surface area contributed by atoms with E-state index in [0.29, 0.717) is 29.6 Å². The Bertz CT molecular complexity index is 1260. The minimum Gasteiger partial charge on any atom is -0.481 e. The van der Waals surface area contributed by atoms with Gasteiger partial charge < -0.3 is 19.5 Å². The minimum absolute atomic E-state index is 0. The molecular weight excluding hydrogens is 500 g/mol. The van der Waals surface area contributed by atoms with Gasteiger partial charge in [0.15, 0.2) is 11.3 Å². The van der Waals surface area contributed by atoms with Crippen LogP contribution in [0.2, 0.25) is 0 Å². The van der Waals surface area contributed by atoms with Gasteiger partial charge in [-0.3, -0.25) is 19.1 Å². The molecule has 0 aliphatic carbocycles. The van der Waals surface area contributed by atoms with Crippen molar-refractivity contribution in [2.24, 2.45) is 0 Å². The fraction of sp³-hybridized carbons (Fsp3) is 0.480. The molecule has 1 saturated heterocycles. The Labute approximate surface area is 221 Å². The molecule has 1 amide bonds. The monoisotopic (exact) mass is 532 g/mol. The number of fused-ring (bicyclic) bond motifs is 1. The van der Waals surface area contributed by atoms with E-state index in [1.165, 1.54) is 11.7 Å².